The minimum Gasteiger partial charge on any atom is -0.478 e. The Balaban J connectivity index is 2.85. The molecule has 0 fully saturated rings. The van der Waals surface area contributed by atoms with Crippen LogP contribution in [0.1, 0.15) is 10.4 Å². The number of hydrogen-bond donors (Lipinski definition) is 3. The number of halogens is 1. The number of rotatable bonds is 6. The zero-order chi connectivity index (χ0) is 15.3. The van der Waals surface area contributed by atoms with Crippen LogP contribution >= 0.6 is 11.6 Å². The zero-order valence-corrected chi connectivity index (χ0v) is 11.6. The number of benzene rings is 1. The van der Waals surface area contributed by atoms with Gasteiger partial charge in [-0.1, -0.05) is 11.6 Å². The van der Waals surface area contributed by atoms with E-state index in [0.29, 0.717) is 0 Å². The van der Waals surface area contributed by atoms with Crippen molar-refractivity contribution in [2.24, 2.45) is 5.73 Å². The van der Waals surface area contributed by atoms with E-state index in [2.05, 4.69) is 9.46 Å². The molecule has 1 rings (SSSR count). The highest BCUT2D eigenvalue weighted by Gasteiger charge is 2.18. The van der Waals surface area contributed by atoms with Crippen LogP contribution in [0.4, 0.5) is 4.79 Å². The van der Waals surface area contributed by atoms with E-state index >= 15 is 0 Å². The highest BCUT2D eigenvalue weighted by molar-refractivity contribution is 7.89. The SMILES string of the molecule is NC(=O)OCCNS(=O)(=O)c1ccc(Cl)c(C(=O)O)c1. The van der Waals surface area contributed by atoms with Gasteiger partial charge < -0.3 is 15.6 Å². The van der Waals surface area contributed by atoms with Crippen molar-refractivity contribution >= 4 is 33.7 Å². The zero-order valence-electron chi connectivity index (χ0n) is 10.00. The van der Waals surface area contributed by atoms with E-state index < -0.39 is 22.1 Å². The van der Waals surface area contributed by atoms with Crippen molar-refractivity contribution < 1.29 is 27.9 Å². The van der Waals surface area contributed by atoms with E-state index in [1.54, 1.807) is 0 Å². The van der Waals surface area contributed by atoms with Gasteiger partial charge in [0.25, 0.3) is 0 Å². The van der Waals surface area contributed by atoms with E-state index in [1.165, 1.54) is 6.07 Å². The topological polar surface area (TPSA) is 136 Å². The number of hydrogen-bond acceptors (Lipinski definition) is 5. The summed E-state index contributed by atoms with van der Waals surface area (Å²) in [7, 11) is -3.94. The average Bonchev–Trinajstić information content (AvgIpc) is 2.34. The molecule has 10 heteroatoms. The van der Waals surface area contributed by atoms with Gasteiger partial charge in [-0.05, 0) is 18.2 Å². The van der Waals surface area contributed by atoms with Crippen molar-refractivity contribution in [1.82, 2.24) is 4.72 Å². The van der Waals surface area contributed by atoms with Crippen LogP contribution in [-0.4, -0.2) is 38.7 Å². The van der Waals surface area contributed by atoms with Crippen LogP contribution in [0.2, 0.25) is 5.02 Å². The Kier molecular flexibility index (Phi) is 5.31. The molecule has 0 spiro atoms. The fourth-order valence-corrected chi connectivity index (χ4v) is 2.48. The summed E-state index contributed by atoms with van der Waals surface area (Å²) in [6.45, 7) is -0.440. The number of aromatic carboxylic acids is 1. The quantitative estimate of drug-likeness (QED) is 0.649. The number of ether oxygens (including phenoxy) is 1. The normalized spacial score (nSPS) is 11.1. The molecule has 0 unspecified atom stereocenters. The molecular formula is C10H11ClN2O6S. The van der Waals surface area contributed by atoms with Crippen LogP contribution in [0.5, 0.6) is 0 Å². The third kappa shape index (κ3) is 4.37. The van der Waals surface area contributed by atoms with E-state index in [1.807, 2.05) is 0 Å². The van der Waals surface area contributed by atoms with Gasteiger partial charge in [0.15, 0.2) is 0 Å². The third-order valence-electron chi connectivity index (χ3n) is 2.12. The minimum atomic E-state index is -3.94. The van der Waals surface area contributed by atoms with E-state index in [9.17, 15) is 18.0 Å². The number of carboxylic acid groups (broad SMARTS) is 1. The van der Waals surface area contributed by atoms with Crippen LogP contribution in [0, 0.1) is 0 Å². The molecule has 1 amide bonds. The van der Waals surface area contributed by atoms with Crippen LogP contribution in [0.3, 0.4) is 0 Å². The summed E-state index contributed by atoms with van der Waals surface area (Å²) in [5.41, 5.74) is 4.37. The molecule has 0 heterocycles. The smallest absolute Gasteiger partial charge is 0.404 e. The summed E-state index contributed by atoms with van der Waals surface area (Å²) in [4.78, 5) is 20.9. The lowest BCUT2D eigenvalue weighted by Gasteiger charge is -2.08. The van der Waals surface area contributed by atoms with Crippen LogP contribution in [0.15, 0.2) is 23.1 Å². The molecule has 1 aromatic carbocycles. The minimum absolute atomic E-state index is 0.0755. The van der Waals surface area contributed by atoms with Crippen LogP contribution in [0.25, 0.3) is 0 Å². The molecule has 20 heavy (non-hydrogen) atoms. The Hall–Kier alpha value is -1.84. The Morgan fingerprint density at radius 3 is 2.60 bits per heavy atom. The maximum Gasteiger partial charge on any atom is 0.404 e. The van der Waals surface area contributed by atoms with Crippen LogP contribution in [-0.2, 0) is 14.8 Å². The van der Waals surface area contributed by atoms with Crippen molar-refractivity contribution in [3.8, 4) is 0 Å². The van der Waals surface area contributed by atoms with Crippen molar-refractivity contribution in [2.45, 2.75) is 4.90 Å². The summed E-state index contributed by atoms with van der Waals surface area (Å²) in [5.74, 6) is -1.34. The fraction of sp³-hybridized carbons (Fsp3) is 0.200. The van der Waals surface area contributed by atoms with Gasteiger partial charge in [0, 0.05) is 6.54 Å². The highest BCUT2D eigenvalue weighted by atomic mass is 35.5. The van der Waals surface area contributed by atoms with Gasteiger partial charge in [0.1, 0.15) is 6.61 Å². The molecule has 0 aliphatic carbocycles. The lowest BCUT2D eigenvalue weighted by Crippen LogP contribution is -2.29. The summed E-state index contributed by atoms with van der Waals surface area (Å²) < 4.78 is 30.2. The number of sulfonamides is 1. The first-order chi connectivity index (χ1) is 9.24. The molecule has 1 aromatic rings. The standard InChI is InChI=1S/C10H11ClN2O6S/c11-8-2-1-6(5-7(8)9(14)15)20(17,18)13-3-4-19-10(12)16/h1-2,5,13H,3-4H2,(H2,12,16)(H,14,15). The third-order valence-corrected chi connectivity index (χ3v) is 3.91. The maximum atomic E-state index is 11.8. The number of carboxylic acids is 1. The fourth-order valence-electron chi connectivity index (χ4n) is 1.25. The molecule has 0 aromatic heterocycles. The Bertz CT molecular complexity index is 631. The molecular weight excluding hydrogens is 312 g/mol. The number of amides is 1. The molecule has 4 N–H and O–H groups in total. The lowest BCUT2D eigenvalue weighted by molar-refractivity contribution is 0.0696. The predicted molar refractivity (Wildman–Crippen MR) is 69.1 cm³/mol. The molecule has 110 valence electrons. The van der Waals surface area contributed by atoms with Gasteiger partial charge in [-0.15, -0.1) is 0 Å². The second-order valence-electron chi connectivity index (χ2n) is 3.51. The first-order valence-electron chi connectivity index (χ1n) is 5.19. The second kappa shape index (κ2) is 6.55. The number of carbonyl (C=O) groups excluding carboxylic acids is 1. The van der Waals surface area contributed by atoms with Gasteiger partial charge in [-0.3, -0.25) is 0 Å². The van der Waals surface area contributed by atoms with E-state index in [0.717, 1.165) is 12.1 Å². The molecule has 0 saturated heterocycles. The van der Waals surface area contributed by atoms with Gasteiger partial charge in [0.2, 0.25) is 10.0 Å². The molecule has 0 aliphatic heterocycles. The van der Waals surface area contributed by atoms with E-state index in [4.69, 9.17) is 22.4 Å². The van der Waals surface area contributed by atoms with Gasteiger partial charge in [0.05, 0.1) is 15.5 Å². The van der Waals surface area contributed by atoms with Crippen molar-refractivity contribution in [3.63, 3.8) is 0 Å². The van der Waals surface area contributed by atoms with Crippen molar-refractivity contribution in [2.75, 3.05) is 13.2 Å². The van der Waals surface area contributed by atoms with Crippen molar-refractivity contribution in [1.29, 1.82) is 0 Å². The number of nitrogens with two attached hydrogens (primary N) is 1. The highest BCUT2D eigenvalue weighted by Crippen LogP contribution is 2.20. The maximum absolute atomic E-state index is 11.8. The molecule has 0 radical (unpaired) electrons. The first kappa shape index (κ1) is 16.2. The summed E-state index contributed by atoms with van der Waals surface area (Å²) >= 11 is 5.64. The van der Waals surface area contributed by atoms with Crippen molar-refractivity contribution in [3.05, 3.63) is 28.8 Å². The number of carbonyl (C=O) groups is 2. The molecule has 0 saturated carbocycles. The largest absolute Gasteiger partial charge is 0.478 e. The number of nitrogens with one attached hydrogen (secondary N) is 1. The van der Waals surface area contributed by atoms with Gasteiger partial charge >= 0.3 is 12.1 Å². The molecule has 0 atom stereocenters. The lowest BCUT2D eigenvalue weighted by atomic mass is 10.2. The van der Waals surface area contributed by atoms with Crippen LogP contribution < -0.4 is 10.5 Å². The first-order valence-corrected chi connectivity index (χ1v) is 7.05. The Labute approximate surface area is 119 Å². The Morgan fingerprint density at radius 2 is 2.05 bits per heavy atom. The summed E-state index contributed by atoms with van der Waals surface area (Å²) in [5, 5.41) is 8.78. The monoisotopic (exact) mass is 322 g/mol. The molecule has 8 nitrogen and oxygen atoms in total. The number of primary amides is 1. The predicted octanol–water partition coefficient (Wildman–Crippen LogP) is 0.412. The van der Waals surface area contributed by atoms with Gasteiger partial charge in [-0.2, -0.15) is 0 Å². The average molecular weight is 323 g/mol. The summed E-state index contributed by atoms with van der Waals surface area (Å²) in [6, 6.07) is 3.26. The second-order valence-corrected chi connectivity index (χ2v) is 5.69. The van der Waals surface area contributed by atoms with Gasteiger partial charge in [-0.25, -0.2) is 22.7 Å². The molecule has 0 bridgehead atoms. The Morgan fingerprint density at radius 1 is 1.40 bits per heavy atom. The summed E-state index contributed by atoms with van der Waals surface area (Å²) in [6.07, 6.45) is -1.02. The molecule has 0 aliphatic rings. The van der Waals surface area contributed by atoms with E-state index in [-0.39, 0.29) is 28.6 Å².